The van der Waals surface area contributed by atoms with E-state index in [1.165, 1.54) is 29.5 Å². The first-order valence-corrected chi connectivity index (χ1v) is 5.44. The highest BCUT2D eigenvalue weighted by molar-refractivity contribution is 5.63. The van der Waals surface area contributed by atoms with Crippen molar-refractivity contribution >= 4 is 0 Å². The Bertz CT molecular complexity index is 458. The Morgan fingerprint density at radius 1 is 0.933 bits per heavy atom. The van der Waals surface area contributed by atoms with Crippen LogP contribution in [0.4, 0.5) is 0 Å². The predicted molar refractivity (Wildman–Crippen MR) is 61.6 cm³/mol. The van der Waals surface area contributed by atoms with Crippen LogP contribution >= 0.6 is 0 Å². The van der Waals surface area contributed by atoms with Crippen LogP contribution in [-0.4, -0.2) is 4.98 Å². The smallest absolute Gasteiger partial charge is 0.0346 e. The summed E-state index contributed by atoms with van der Waals surface area (Å²) in [6, 6.07) is 12.7. The van der Waals surface area contributed by atoms with Crippen LogP contribution in [0.3, 0.4) is 0 Å². The van der Waals surface area contributed by atoms with Crippen LogP contribution in [-0.2, 0) is 0 Å². The molecule has 0 aliphatic heterocycles. The van der Waals surface area contributed by atoms with Crippen LogP contribution in [0.5, 0.6) is 0 Å². The first kappa shape index (κ1) is 8.66. The van der Waals surface area contributed by atoms with E-state index in [0.717, 1.165) is 5.92 Å². The van der Waals surface area contributed by atoms with Gasteiger partial charge in [-0.25, -0.2) is 0 Å². The van der Waals surface area contributed by atoms with Crippen LogP contribution in [0.1, 0.15) is 24.3 Å². The lowest BCUT2D eigenvalue weighted by atomic mass is 10.0. The number of pyridine rings is 1. The maximum atomic E-state index is 4.32. The van der Waals surface area contributed by atoms with Gasteiger partial charge in [0.05, 0.1) is 0 Å². The quantitative estimate of drug-likeness (QED) is 0.713. The van der Waals surface area contributed by atoms with Crippen molar-refractivity contribution < 1.29 is 0 Å². The van der Waals surface area contributed by atoms with E-state index >= 15 is 0 Å². The normalized spacial score (nSPS) is 15.2. The van der Waals surface area contributed by atoms with Crippen LogP contribution in [0.15, 0.2) is 48.8 Å². The zero-order valence-corrected chi connectivity index (χ0v) is 8.56. The third kappa shape index (κ3) is 1.78. The van der Waals surface area contributed by atoms with E-state index in [1.807, 2.05) is 18.5 Å². The van der Waals surface area contributed by atoms with Gasteiger partial charge < -0.3 is 0 Å². The molecule has 1 heterocycles. The van der Waals surface area contributed by atoms with E-state index in [4.69, 9.17) is 0 Å². The zero-order chi connectivity index (χ0) is 10.1. The van der Waals surface area contributed by atoms with Crippen LogP contribution in [0.2, 0.25) is 0 Å². The summed E-state index contributed by atoms with van der Waals surface area (Å²) in [6.45, 7) is 0. The number of hydrogen-bond donors (Lipinski definition) is 0. The average molecular weight is 195 g/mol. The van der Waals surface area contributed by atoms with Gasteiger partial charge in [0.1, 0.15) is 0 Å². The minimum Gasteiger partial charge on any atom is -0.264 e. The molecule has 0 spiro atoms. The van der Waals surface area contributed by atoms with E-state index < -0.39 is 0 Å². The molecule has 1 aromatic heterocycles. The molecular weight excluding hydrogens is 182 g/mol. The topological polar surface area (TPSA) is 12.9 Å². The summed E-state index contributed by atoms with van der Waals surface area (Å²) in [4.78, 5) is 4.32. The van der Waals surface area contributed by atoms with Gasteiger partial charge in [0.25, 0.3) is 0 Å². The molecule has 15 heavy (non-hydrogen) atoms. The summed E-state index contributed by atoms with van der Waals surface area (Å²) in [5.41, 5.74) is 3.89. The molecule has 0 N–H and O–H groups in total. The maximum Gasteiger partial charge on any atom is 0.0346 e. The number of nitrogens with zero attached hydrogens (tertiary/aromatic N) is 1. The van der Waals surface area contributed by atoms with E-state index in [2.05, 4.69) is 35.3 Å². The SMILES string of the molecule is c1ccc(-c2cncc(C3CC3)c2)cc1. The third-order valence-electron chi connectivity index (χ3n) is 2.92. The molecule has 0 unspecified atom stereocenters. The Balaban J connectivity index is 2.01. The van der Waals surface area contributed by atoms with E-state index in [1.54, 1.807) is 0 Å². The van der Waals surface area contributed by atoms with Crippen molar-refractivity contribution in [3.63, 3.8) is 0 Å². The standard InChI is InChI=1S/C14H13N/c1-2-4-11(5-3-1)13-8-14(10-15-9-13)12-6-7-12/h1-5,8-10,12H,6-7H2. The fraction of sp³-hybridized carbons (Fsp3) is 0.214. The summed E-state index contributed by atoms with van der Waals surface area (Å²) in [5.74, 6) is 0.779. The Kier molecular flexibility index (Phi) is 2.02. The second-order valence-electron chi connectivity index (χ2n) is 4.15. The number of aromatic nitrogens is 1. The highest BCUT2D eigenvalue weighted by Gasteiger charge is 2.23. The lowest BCUT2D eigenvalue weighted by Crippen LogP contribution is -1.84. The first-order chi connectivity index (χ1) is 7.43. The van der Waals surface area contributed by atoms with Crippen molar-refractivity contribution in [3.05, 3.63) is 54.4 Å². The molecule has 0 atom stereocenters. The number of benzene rings is 1. The van der Waals surface area contributed by atoms with Gasteiger partial charge in [-0.1, -0.05) is 30.3 Å². The predicted octanol–water partition coefficient (Wildman–Crippen LogP) is 3.63. The summed E-state index contributed by atoms with van der Waals surface area (Å²) in [6.07, 6.45) is 6.62. The van der Waals surface area contributed by atoms with Crippen LogP contribution in [0, 0.1) is 0 Å². The van der Waals surface area contributed by atoms with Gasteiger partial charge in [-0.05, 0) is 36.0 Å². The van der Waals surface area contributed by atoms with Crippen LogP contribution < -0.4 is 0 Å². The van der Waals surface area contributed by atoms with Crippen molar-refractivity contribution in [1.29, 1.82) is 0 Å². The fourth-order valence-electron chi connectivity index (χ4n) is 1.89. The molecule has 0 radical (unpaired) electrons. The zero-order valence-electron chi connectivity index (χ0n) is 8.56. The highest BCUT2D eigenvalue weighted by Crippen LogP contribution is 2.40. The molecule has 74 valence electrons. The molecule has 2 aromatic rings. The van der Waals surface area contributed by atoms with Gasteiger partial charge in [-0.3, -0.25) is 4.98 Å². The van der Waals surface area contributed by atoms with E-state index in [-0.39, 0.29) is 0 Å². The van der Waals surface area contributed by atoms with E-state index in [0.29, 0.717) is 0 Å². The van der Waals surface area contributed by atoms with Crippen molar-refractivity contribution in [2.45, 2.75) is 18.8 Å². The molecule has 3 rings (SSSR count). The molecule has 1 aromatic carbocycles. The lowest BCUT2D eigenvalue weighted by molar-refractivity contribution is 1.09. The second-order valence-corrected chi connectivity index (χ2v) is 4.15. The Morgan fingerprint density at radius 3 is 2.47 bits per heavy atom. The minimum atomic E-state index is 0.779. The van der Waals surface area contributed by atoms with Gasteiger partial charge in [0.2, 0.25) is 0 Å². The molecule has 0 amide bonds. The van der Waals surface area contributed by atoms with Crippen molar-refractivity contribution in [2.24, 2.45) is 0 Å². The molecule has 1 aliphatic carbocycles. The van der Waals surface area contributed by atoms with Crippen LogP contribution in [0.25, 0.3) is 11.1 Å². The summed E-state index contributed by atoms with van der Waals surface area (Å²) < 4.78 is 0. The third-order valence-corrected chi connectivity index (χ3v) is 2.92. The Morgan fingerprint density at radius 2 is 1.73 bits per heavy atom. The fourth-order valence-corrected chi connectivity index (χ4v) is 1.89. The summed E-state index contributed by atoms with van der Waals surface area (Å²) in [7, 11) is 0. The highest BCUT2D eigenvalue weighted by atomic mass is 14.6. The molecule has 1 saturated carbocycles. The van der Waals surface area contributed by atoms with Crippen molar-refractivity contribution in [2.75, 3.05) is 0 Å². The maximum absolute atomic E-state index is 4.32. The van der Waals surface area contributed by atoms with Crippen molar-refractivity contribution in [3.8, 4) is 11.1 Å². The second kappa shape index (κ2) is 3.50. The molecule has 1 aliphatic rings. The molecule has 1 heteroatoms. The molecule has 1 fully saturated rings. The first-order valence-electron chi connectivity index (χ1n) is 5.44. The van der Waals surface area contributed by atoms with Gasteiger partial charge >= 0.3 is 0 Å². The van der Waals surface area contributed by atoms with Gasteiger partial charge in [0, 0.05) is 18.0 Å². The number of rotatable bonds is 2. The number of hydrogen-bond acceptors (Lipinski definition) is 1. The Labute approximate surface area is 89.8 Å². The monoisotopic (exact) mass is 195 g/mol. The summed E-state index contributed by atoms with van der Waals surface area (Å²) >= 11 is 0. The summed E-state index contributed by atoms with van der Waals surface area (Å²) in [5, 5.41) is 0. The Hall–Kier alpha value is -1.63. The molecule has 1 nitrogen and oxygen atoms in total. The largest absolute Gasteiger partial charge is 0.264 e. The lowest BCUT2D eigenvalue weighted by Gasteiger charge is -2.03. The van der Waals surface area contributed by atoms with Crippen molar-refractivity contribution in [1.82, 2.24) is 4.98 Å². The van der Waals surface area contributed by atoms with Gasteiger partial charge in [-0.2, -0.15) is 0 Å². The molecule has 0 saturated heterocycles. The van der Waals surface area contributed by atoms with Gasteiger partial charge in [0.15, 0.2) is 0 Å². The average Bonchev–Trinajstić information content (AvgIpc) is 3.14. The minimum absolute atomic E-state index is 0.779. The van der Waals surface area contributed by atoms with Gasteiger partial charge in [-0.15, -0.1) is 0 Å². The molecular formula is C14H13N. The molecule has 0 bridgehead atoms. The van der Waals surface area contributed by atoms with E-state index in [9.17, 15) is 0 Å².